The van der Waals surface area contributed by atoms with Crippen LogP contribution in [0.1, 0.15) is 45.6 Å². The van der Waals surface area contributed by atoms with Gasteiger partial charge >= 0.3 is 6.09 Å². The first kappa shape index (κ1) is 20.7. The van der Waals surface area contributed by atoms with E-state index >= 15 is 0 Å². The Balaban J connectivity index is 2.26. The largest absolute Gasteiger partial charge is 0.444 e. The Morgan fingerprint density at radius 3 is 2.52 bits per heavy atom. The fourth-order valence-electron chi connectivity index (χ4n) is 2.13. The van der Waals surface area contributed by atoms with Crippen LogP contribution < -0.4 is 10.6 Å². The number of rotatable bonds is 9. The van der Waals surface area contributed by atoms with Gasteiger partial charge in [0.1, 0.15) is 11.3 Å². The number of benzene rings is 1. The van der Waals surface area contributed by atoms with Gasteiger partial charge in [-0.1, -0.05) is 6.07 Å². The number of carbonyl (C=O) groups is 1. The van der Waals surface area contributed by atoms with Crippen LogP contribution in [0.4, 0.5) is 16.2 Å². The molecule has 3 N–H and O–H groups in total. The lowest BCUT2D eigenvalue weighted by Crippen LogP contribution is -2.33. The molecule has 0 aromatic heterocycles. The molecular formula is C17H27N3O5. The monoisotopic (exact) mass is 353 g/mol. The number of alkyl carbamates (subject to hydrolysis) is 1. The number of nitrogens with one attached hydrogen (secondary N) is 2. The summed E-state index contributed by atoms with van der Waals surface area (Å²) < 4.78 is 5.13. The van der Waals surface area contributed by atoms with Gasteiger partial charge in [0.15, 0.2) is 0 Å². The molecule has 0 saturated heterocycles. The summed E-state index contributed by atoms with van der Waals surface area (Å²) in [4.78, 5) is 22.1. The maximum atomic E-state index is 11.5. The van der Waals surface area contributed by atoms with Gasteiger partial charge in [0.25, 0.3) is 5.69 Å². The average molecular weight is 353 g/mol. The van der Waals surface area contributed by atoms with Gasteiger partial charge in [0.2, 0.25) is 0 Å². The summed E-state index contributed by atoms with van der Waals surface area (Å²) in [6, 6.07) is 4.63. The maximum Gasteiger partial charge on any atom is 0.407 e. The summed E-state index contributed by atoms with van der Waals surface area (Å²) in [5, 5.41) is 25.8. The Morgan fingerprint density at radius 2 is 1.92 bits per heavy atom. The van der Waals surface area contributed by atoms with Crippen molar-refractivity contribution in [1.82, 2.24) is 5.32 Å². The third-order valence-corrected chi connectivity index (χ3v) is 3.28. The molecule has 25 heavy (non-hydrogen) atoms. The highest BCUT2D eigenvalue weighted by Gasteiger charge is 2.15. The molecule has 0 unspecified atom stereocenters. The molecule has 8 nitrogen and oxygen atoms in total. The molecule has 1 amide bonds. The fraction of sp³-hybridized carbons (Fsp3) is 0.588. The van der Waals surface area contributed by atoms with Crippen LogP contribution in [-0.2, 0) is 11.3 Å². The normalized spacial score (nSPS) is 11.0. The topological polar surface area (TPSA) is 114 Å². The van der Waals surface area contributed by atoms with E-state index in [1.54, 1.807) is 12.1 Å². The first-order chi connectivity index (χ1) is 11.7. The zero-order chi connectivity index (χ0) is 18.9. The second kappa shape index (κ2) is 9.83. The van der Waals surface area contributed by atoms with Gasteiger partial charge in [-0.15, -0.1) is 0 Å². The number of nitrogens with zero attached hydrogens (tertiary/aromatic N) is 1. The first-order valence-electron chi connectivity index (χ1n) is 8.32. The average Bonchev–Trinajstić information content (AvgIpc) is 2.52. The number of unbranched alkanes of at least 4 members (excludes halogenated alkanes) is 2. The first-order valence-corrected chi connectivity index (χ1v) is 8.32. The molecule has 0 heterocycles. The molecule has 0 aliphatic rings. The molecule has 0 bridgehead atoms. The van der Waals surface area contributed by atoms with E-state index in [9.17, 15) is 14.9 Å². The van der Waals surface area contributed by atoms with E-state index in [4.69, 9.17) is 9.84 Å². The summed E-state index contributed by atoms with van der Waals surface area (Å²) >= 11 is 0. The van der Waals surface area contributed by atoms with Crippen LogP contribution in [0.15, 0.2) is 18.2 Å². The minimum Gasteiger partial charge on any atom is -0.444 e. The fourth-order valence-corrected chi connectivity index (χ4v) is 2.13. The van der Waals surface area contributed by atoms with Crippen molar-refractivity contribution in [2.24, 2.45) is 0 Å². The van der Waals surface area contributed by atoms with Crippen LogP contribution >= 0.6 is 0 Å². The molecule has 0 fully saturated rings. The molecule has 1 aromatic rings. The summed E-state index contributed by atoms with van der Waals surface area (Å²) in [5.41, 5.74) is 0.395. The number of hydrogen-bond acceptors (Lipinski definition) is 6. The minimum atomic E-state index is -0.506. The molecule has 0 saturated carbocycles. The van der Waals surface area contributed by atoms with E-state index in [1.807, 2.05) is 20.8 Å². The lowest BCUT2D eigenvalue weighted by Gasteiger charge is -2.19. The standard InChI is InChI=1S/C17H27N3O5/c1-17(2,3)25-16(22)19-10-6-4-5-9-18-14-8-7-13(12-21)11-15(14)20(23)24/h7-8,11,18,21H,4-6,9-10,12H2,1-3H3,(H,19,22). The Hall–Kier alpha value is -2.35. The second-order valence-corrected chi connectivity index (χ2v) is 6.68. The van der Waals surface area contributed by atoms with E-state index in [-0.39, 0.29) is 12.3 Å². The second-order valence-electron chi connectivity index (χ2n) is 6.68. The number of amides is 1. The van der Waals surface area contributed by atoms with Crippen LogP contribution in [0, 0.1) is 10.1 Å². The van der Waals surface area contributed by atoms with Crippen LogP contribution in [0.5, 0.6) is 0 Å². The molecule has 0 spiro atoms. The summed E-state index contributed by atoms with van der Waals surface area (Å²) in [6.45, 7) is 6.32. The van der Waals surface area contributed by atoms with E-state index in [0.717, 1.165) is 19.3 Å². The summed E-state index contributed by atoms with van der Waals surface area (Å²) in [5.74, 6) is 0. The van der Waals surface area contributed by atoms with Crippen molar-refractivity contribution in [3.63, 3.8) is 0 Å². The molecule has 1 aromatic carbocycles. The maximum absolute atomic E-state index is 11.5. The number of aliphatic hydroxyl groups excluding tert-OH is 1. The number of hydrogen-bond donors (Lipinski definition) is 3. The van der Waals surface area contributed by atoms with Gasteiger partial charge in [-0.2, -0.15) is 0 Å². The molecular weight excluding hydrogens is 326 g/mol. The lowest BCUT2D eigenvalue weighted by molar-refractivity contribution is -0.384. The molecule has 0 radical (unpaired) electrons. The highest BCUT2D eigenvalue weighted by atomic mass is 16.6. The number of anilines is 1. The number of aliphatic hydroxyl groups is 1. The Morgan fingerprint density at radius 1 is 1.24 bits per heavy atom. The van der Waals surface area contributed by atoms with Crippen molar-refractivity contribution in [2.45, 2.75) is 52.2 Å². The van der Waals surface area contributed by atoms with Crippen LogP contribution in [0.25, 0.3) is 0 Å². The van der Waals surface area contributed by atoms with Crippen molar-refractivity contribution in [1.29, 1.82) is 0 Å². The van der Waals surface area contributed by atoms with Gasteiger partial charge in [-0.05, 0) is 51.7 Å². The van der Waals surface area contributed by atoms with E-state index in [1.165, 1.54) is 6.07 Å². The minimum absolute atomic E-state index is 0.0434. The highest BCUT2D eigenvalue weighted by molar-refractivity contribution is 5.67. The lowest BCUT2D eigenvalue weighted by atomic mass is 10.1. The quantitative estimate of drug-likeness (QED) is 0.357. The van der Waals surface area contributed by atoms with E-state index in [0.29, 0.717) is 24.3 Å². The SMILES string of the molecule is CC(C)(C)OC(=O)NCCCCCNc1ccc(CO)cc1[N+](=O)[O-]. The highest BCUT2D eigenvalue weighted by Crippen LogP contribution is 2.25. The third kappa shape index (κ3) is 8.35. The number of ether oxygens (including phenoxy) is 1. The number of nitro benzene ring substituents is 1. The predicted octanol–water partition coefficient (Wildman–Crippen LogP) is 3.19. The van der Waals surface area contributed by atoms with E-state index in [2.05, 4.69) is 10.6 Å². The van der Waals surface area contributed by atoms with Crippen molar-refractivity contribution in [3.8, 4) is 0 Å². The molecule has 8 heteroatoms. The Kier molecular flexibility index (Phi) is 8.13. The van der Waals surface area contributed by atoms with Crippen molar-refractivity contribution in [2.75, 3.05) is 18.4 Å². The van der Waals surface area contributed by atoms with Crippen LogP contribution in [0.2, 0.25) is 0 Å². The molecule has 0 aliphatic heterocycles. The molecule has 140 valence electrons. The summed E-state index contributed by atoms with van der Waals surface area (Å²) in [6.07, 6.45) is 2.05. The van der Waals surface area contributed by atoms with Gasteiger partial charge in [0.05, 0.1) is 11.5 Å². The molecule has 0 aliphatic carbocycles. The van der Waals surface area contributed by atoms with Gasteiger partial charge < -0.3 is 20.5 Å². The van der Waals surface area contributed by atoms with Crippen molar-refractivity contribution < 1.29 is 19.6 Å². The van der Waals surface area contributed by atoms with Crippen LogP contribution in [0.3, 0.4) is 0 Å². The van der Waals surface area contributed by atoms with Crippen molar-refractivity contribution in [3.05, 3.63) is 33.9 Å². The molecule has 0 atom stereocenters. The smallest absolute Gasteiger partial charge is 0.407 e. The van der Waals surface area contributed by atoms with E-state index < -0.39 is 16.6 Å². The van der Waals surface area contributed by atoms with Gasteiger partial charge in [0, 0.05) is 19.2 Å². The molecule has 1 rings (SSSR count). The summed E-state index contributed by atoms with van der Waals surface area (Å²) in [7, 11) is 0. The predicted molar refractivity (Wildman–Crippen MR) is 95.6 cm³/mol. The number of nitro groups is 1. The Bertz CT molecular complexity index is 584. The van der Waals surface area contributed by atoms with Crippen LogP contribution in [-0.4, -0.2) is 34.8 Å². The Labute approximate surface area is 147 Å². The van der Waals surface area contributed by atoms with Gasteiger partial charge in [-0.25, -0.2) is 4.79 Å². The number of carbonyl (C=O) groups excluding carboxylic acids is 1. The zero-order valence-electron chi connectivity index (χ0n) is 15.0. The van der Waals surface area contributed by atoms with Gasteiger partial charge in [-0.3, -0.25) is 10.1 Å². The van der Waals surface area contributed by atoms with Crippen molar-refractivity contribution >= 4 is 17.5 Å². The third-order valence-electron chi connectivity index (χ3n) is 3.28. The zero-order valence-corrected chi connectivity index (χ0v) is 15.0.